The van der Waals surface area contributed by atoms with Gasteiger partial charge in [-0.25, -0.2) is 13.1 Å². The van der Waals surface area contributed by atoms with Crippen molar-refractivity contribution in [3.8, 4) is 0 Å². The van der Waals surface area contributed by atoms with Crippen LogP contribution in [0.25, 0.3) is 0 Å². The summed E-state index contributed by atoms with van der Waals surface area (Å²) in [7, 11) is -1.89. The highest BCUT2D eigenvalue weighted by Gasteiger charge is 2.20. The van der Waals surface area contributed by atoms with E-state index in [4.69, 9.17) is 5.73 Å². The Kier molecular flexibility index (Phi) is 4.35. The van der Waals surface area contributed by atoms with E-state index in [1.165, 1.54) is 22.2 Å². The van der Waals surface area contributed by atoms with Crippen molar-refractivity contribution in [1.82, 2.24) is 14.5 Å². The molecule has 0 atom stereocenters. The number of halogens is 2. The number of rotatable bonds is 4. The van der Waals surface area contributed by atoms with E-state index in [1.807, 2.05) is 0 Å². The van der Waals surface area contributed by atoms with Crippen molar-refractivity contribution in [2.24, 2.45) is 7.05 Å². The van der Waals surface area contributed by atoms with E-state index in [-0.39, 0.29) is 11.4 Å². The summed E-state index contributed by atoms with van der Waals surface area (Å²) in [6, 6.07) is 1.55. The molecule has 10 heteroatoms. The first kappa shape index (κ1) is 15.0. The van der Waals surface area contributed by atoms with Crippen LogP contribution in [-0.2, 0) is 23.6 Å². The standard InChI is InChI=1S/C9H10Br2N4O2S2/c1-15-9(12)5(3-13-15)4-14-19(16,17)6-2-7(10)18-8(6)11/h2-3,14H,4,12H2,1H3. The molecule has 2 aromatic heterocycles. The number of nitrogens with one attached hydrogen (secondary N) is 1. The third-order valence-corrected chi connectivity index (χ3v) is 6.59. The molecule has 2 rings (SSSR count). The predicted octanol–water partition coefficient (Wildman–Crippen LogP) is 2.07. The Hall–Kier alpha value is -0.420. The molecular weight excluding hydrogens is 420 g/mol. The molecule has 0 saturated heterocycles. The highest BCUT2D eigenvalue weighted by atomic mass is 79.9. The number of anilines is 1. The second-order valence-electron chi connectivity index (χ2n) is 3.69. The first-order valence-corrected chi connectivity index (χ1v) is 8.90. The second kappa shape index (κ2) is 5.52. The van der Waals surface area contributed by atoms with Crippen LogP contribution < -0.4 is 10.5 Å². The van der Waals surface area contributed by atoms with E-state index >= 15 is 0 Å². The van der Waals surface area contributed by atoms with Gasteiger partial charge >= 0.3 is 0 Å². The molecule has 0 aliphatic rings. The molecule has 0 aliphatic heterocycles. The van der Waals surface area contributed by atoms with Gasteiger partial charge < -0.3 is 5.73 Å². The summed E-state index contributed by atoms with van der Waals surface area (Å²) >= 11 is 7.77. The molecule has 0 radical (unpaired) electrons. The Morgan fingerprint density at radius 2 is 2.21 bits per heavy atom. The molecule has 0 aromatic carbocycles. The van der Waals surface area contributed by atoms with Crippen LogP contribution in [0.2, 0.25) is 0 Å². The zero-order valence-corrected chi connectivity index (χ0v) is 14.5. The smallest absolute Gasteiger partial charge is 0.242 e. The van der Waals surface area contributed by atoms with Crippen molar-refractivity contribution in [3.05, 3.63) is 25.4 Å². The van der Waals surface area contributed by atoms with Crippen LogP contribution >= 0.6 is 43.2 Å². The van der Waals surface area contributed by atoms with Gasteiger partial charge in [-0.05, 0) is 37.9 Å². The van der Waals surface area contributed by atoms with Crippen molar-refractivity contribution in [2.75, 3.05) is 5.73 Å². The molecule has 6 nitrogen and oxygen atoms in total. The molecule has 0 aliphatic carbocycles. The quantitative estimate of drug-likeness (QED) is 0.778. The number of nitrogen functional groups attached to an aromatic ring is 1. The summed E-state index contributed by atoms with van der Waals surface area (Å²) < 4.78 is 29.5. The third kappa shape index (κ3) is 3.19. The van der Waals surface area contributed by atoms with Crippen LogP contribution in [-0.4, -0.2) is 18.2 Å². The minimum atomic E-state index is -3.58. The van der Waals surface area contributed by atoms with Gasteiger partial charge in [-0.15, -0.1) is 11.3 Å². The summed E-state index contributed by atoms with van der Waals surface area (Å²) in [5.74, 6) is 0.438. The zero-order chi connectivity index (χ0) is 14.2. The molecule has 104 valence electrons. The van der Waals surface area contributed by atoms with Gasteiger partial charge in [0, 0.05) is 19.2 Å². The number of aromatic nitrogens is 2. The highest BCUT2D eigenvalue weighted by Crippen LogP contribution is 2.34. The maximum atomic E-state index is 12.1. The van der Waals surface area contributed by atoms with Crippen molar-refractivity contribution in [3.63, 3.8) is 0 Å². The van der Waals surface area contributed by atoms with Gasteiger partial charge in [0.05, 0.1) is 13.8 Å². The monoisotopic (exact) mass is 428 g/mol. The number of nitrogens with two attached hydrogens (primary N) is 1. The summed E-state index contributed by atoms with van der Waals surface area (Å²) in [5.41, 5.74) is 6.39. The summed E-state index contributed by atoms with van der Waals surface area (Å²) in [6.45, 7) is 0.0991. The van der Waals surface area contributed by atoms with Crippen molar-refractivity contribution < 1.29 is 8.42 Å². The number of sulfonamides is 1. The summed E-state index contributed by atoms with van der Waals surface area (Å²) in [5, 5.41) is 3.95. The average molecular weight is 430 g/mol. The number of nitrogens with zero attached hydrogens (tertiary/aromatic N) is 2. The number of hydrogen-bond acceptors (Lipinski definition) is 5. The first-order valence-electron chi connectivity index (χ1n) is 5.02. The van der Waals surface area contributed by atoms with Gasteiger partial charge in [0.1, 0.15) is 10.7 Å². The molecular formula is C9H10Br2N4O2S2. The zero-order valence-electron chi connectivity index (χ0n) is 9.72. The van der Waals surface area contributed by atoms with Crippen LogP contribution in [0.4, 0.5) is 5.82 Å². The largest absolute Gasteiger partial charge is 0.384 e. The Morgan fingerprint density at radius 1 is 1.53 bits per heavy atom. The SMILES string of the molecule is Cn1ncc(CNS(=O)(=O)c2cc(Br)sc2Br)c1N. The van der Waals surface area contributed by atoms with Crippen molar-refractivity contribution in [2.45, 2.75) is 11.4 Å². The van der Waals surface area contributed by atoms with E-state index in [1.54, 1.807) is 13.1 Å². The van der Waals surface area contributed by atoms with Gasteiger partial charge in [-0.2, -0.15) is 5.10 Å². The Morgan fingerprint density at radius 3 is 2.68 bits per heavy atom. The normalized spacial score (nSPS) is 11.9. The van der Waals surface area contributed by atoms with Gasteiger partial charge in [0.2, 0.25) is 10.0 Å². The maximum absolute atomic E-state index is 12.1. The average Bonchev–Trinajstić information content (AvgIpc) is 2.82. The number of hydrogen-bond donors (Lipinski definition) is 2. The lowest BCUT2D eigenvalue weighted by atomic mass is 10.3. The topological polar surface area (TPSA) is 90.0 Å². The Labute approximate surface area is 131 Å². The Bertz CT molecular complexity index is 708. The Balaban J connectivity index is 2.19. The maximum Gasteiger partial charge on any atom is 0.242 e. The van der Waals surface area contributed by atoms with E-state index in [0.29, 0.717) is 15.2 Å². The molecule has 2 aromatic rings. The van der Waals surface area contributed by atoms with E-state index in [2.05, 4.69) is 41.7 Å². The highest BCUT2D eigenvalue weighted by molar-refractivity contribution is 9.12. The molecule has 0 saturated carbocycles. The lowest BCUT2D eigenvalue weighted by Crippen LogP contribution is -2.23. The molecule has 0 fully saturated rings. The molecule has 3 N–H and O–H groups in total. The van der Waals surface area contributed by atoms with Crippen LogP contribution in [0.15, 0.2) is 24.7 Å². The van der Waals surface area contributed by atoms with Gasteiger partial charge in [0.15, 0.2) is 0 Å². The van der Waals surface area contributed by atoms with E-state index < -0.39 is 10.0 Å². The molecule has 19 heavy (non-hydrogen) atoms. The van der Waals surface area contributed by atoms with Gasteiger partial charge in [-0.3, -0.25) is 4.68 Å². The van der Waals surface area contributed by atoms with Crippen LogP contribution in [0.3, 0.4) is 0 Å². The molecule has 0 unspecified atom stereocenters. The summed E-state index contributed by atoms with van der Waals surface area (Å²) in [6.07, 6.45) is 1.54. The van der Waals surface area contributed by atoms with Crippen LogP contribution in [0.5, 0.6) is 0 Å². The lowest BCUT2D eigenvalue weighted by molar-refractivity contribution is 0.581. The van der Waals surface area contributed by atoms with E-state index in [0.717, 1.165) is 3.79 Å². The third-order valence-electron chi connectivity index (χ3n) is 2.43. The fourth-order valence-electron chi connectivity index (χ4n) is 1.39. The van der Waals surface area contributed by atoms with Crippen LogP contribution in [0.1, 0.15) is 5.56 Å². The predicted molar refractivity (Wildman–Crippen MR) is 81.4 cm³/mol. The second-order valence-corrected chi connectivity index (χ2v) is 9.18. The van der Waals surface area contributed by atoms with Gasteiger partial charge in [0.25, 0.3) is 0 Å². The minimum absolute atomic E-state index is 0.0991. The fourth-order valence-corrected chi connectivity index (χ4v) is 6.20. The minimum Gasteiger partial charge on any atom is -0.384 e. The number of thiophene rings is 1. The summed E-state index contributed by atoms with van der Waals surface area (Å²) in [4.78, 5) is 0.201. The van der Waals surface area contributed by atoms with Crippen molar-refractivity contribution in [1.29, 1.82) is 0 Å². The number of aryl methyl sites for hydroxylation is 1. The molecule has 0 amide bonds. The molecule has 0 spiro atoms. The fraction of sp³-hybridized carbons (Fsp3) is 0.222. The van der Waals surface area contributed by atoms with Crippen LogP contribution in [0, 0.1) is 0 Å². The molecule has 0 bridgehead atoms. The lowest BCUT2D eigenvalue weighted by Gasteiger charge is -2.05. The van der Waals surface area contributed by atoms with Gasteiger partial charge in [-0.1, -0.05) is 0 Å². The van der Waals surface area contributed by atoms with E-state index in [9.17, 15) is 8.42 Å². The first-order chi connectivity index (χ1) is 8.81. The van der Waals surface area contributed by atoms with Crippen molar-refractivity contribution >= 4 is 59.0 Å². The molecule has 2 heterocycles.